The van der Waals surface area contributed by atoms with E-state index in [4.69, 9.17) is 4.98 Å². The molecule has 1 atom stereocenters. The van der Waals surface area contributed by atoms with Crippen molar-refractivity contribution in [3.63, 3.8) is 0 Å². The first-order valence-corrected chi connectivity index (χ1v) is 6.88. The van der Waals surface area contributed by atoms with Gasteiger partial charge >= 0.3 is 0 Å². The molecule has 0 spiro atoms. The Hall–Kier alpha value is -0.870. The molecule has 0 amide bonds. The van der Waals surface area contributed by atoms with Gasteiger partial charge in [-0.15, -0.1) is 0 Å². The highest BCUT2D eigenvalue weighted by Crippen LogP contribution is 2.23. The third-order valence-corrected chi connectivity index (χ3v) is 4.20. The molecule has 17 heavy (non-hydrogen) atoms. The van der Waals surface area contributed by atoms with E-state index in [9.17, 15) is 0 Å². The molecule has 90 valence electrons. The normalized spacial score (nSPS) is 20.2. The molecule has 3 rings (SSSR count). The number of nitrogens with zero attached hydrogens (tertiary/aromatic N) is 2. The molecule has 1 fully saturated rings. The first kappa shape index (κ1) is 11.2. The van der Waals surface area contributed by atoms with Crippen LogP contribution in [0.3, 0.4) is 0 Å². The summed E-state index contributed by atoms with van der Waals surface area (Å²) < 4.78 is 3.24. The standard InChI is InChI=1S/C13H16BrN3/c1-9-12(7-10-4-5-15-8-10)16-13-11(14)3-2-6-17(9)13/h2-3,6,10,15H,4-5,7-8H2,1H3. The summed E-state index contributed by atoms with van der Waals surface area (Å²) in [6.45, 7) is 4.44. The molecule has 1 saturated heterocycles. The van der Waals surface area contributed by atoms with E-state index < -0.39 is 0 Å². The van der Waals surface area contributed by atoms with Gasteiger partial charge in [-0.2, -0.15) is 0 Å². The molecular formula is C13H16BrN3. The van der Waals surface area contributed by atoms with Crippen LogP contribution in [0.15, 0.2) is 22.8 Å². The van der Waals surface area contributed by atoms with Crippen molar-refractivity contribution < 1.29 is 0 Å². The van der Waals surface area contributed by atoms with Crippen LogP contribution in [0.25, 0.3) is 5.65 Å². The van der Waals surface area contributed by atoms with Gasteiger partial charge in [0.2, 0.25) is 0 Å². The first-order valence-electron chi connectivity index (χ1n) is 6.08. The summed E-state index contributed by atoms with van der Waals surface area (Å²) in [5.41, 5.74) is 3.55. The summed E-state index contributed by atoms with van der Waals surface area (Å²) >= 11 is 3.56. The molecule has 3 heterocycles. The van der Waals surface area contributed by atoms with Crippen molar-refractivity contribution in [2.24, 2.45) is 5.92 Å². The molecule has 0 aliphatic carbocycles. The Morgan fingerprint density at radius 3 is 3.18 bits per heavy atom. The van der Waals surface area contributed by atoms with Crippen molar-refractivity contribution in [3.8, 4) is 0 Å². The van der Waals surface area contributed by atoms with Gasteiger partial charge in [-0.05, 0) is 66.8 Å². The fourth-order valence-corrected chi connectivity index (χ4v) is 2.99. The SMILES string of the molecule is Cc1c(CC2CCNC2)nc2c(Br)cccn12. The Morgan fingerprint density at radius 1 is 1.59 bits per heavy atom. The lowest BCUT2D eigenvalue weighted by Gasteiger charge is -2.05. The van der Waals surface area contributed by atoms with E-state index in [1.165, 1.54) is 17.8 Å². The van der Waals surface area contributed by atoms with Gasteiger partial charge in [0.15, 0.2) is 5.65 Å². The van der Waals surface area contributed by atoms with Crippen LogP contribution >= 0.6 is 15.9 Å². The van der Waals surface area contributed by atoms with E-state index in [-0.39, 0.29) is 0 Å². The zero-order valence-electron chi connectivity index (χ0n) is 9.91. The average Bonchev–Trinajstić information content (AvgIpc) is 2.92. The lowest BCUT2D eigenvalue weighted by Crippen LogP contribution is -2.11. The van der Waals surface area contributed by atoms with E-state index >= 15 is 0 Å². The van der Waals surface area contributed by atoms with Crippen LogP contribution in [-0.4, -0.2) is 22.5 Å². The number of aromatic nitrogens is 2. The third kappa shape index (κ3) is 2.00. The van der Waals surface area contributed by atoms with Gasteiger partial charge in [0, 0.05) is 11.9 Å². The number of rotatable bonds is 2. The summed E-state index contributed by atoms with van der Waals surface area (Å²) in [4.78, 5) is 4.76. The highest BCUT2D eigenvalue weighted by molar-refractivity contribution is 9.10. The quantitative estimate of drug-likeness (QED) is 0.922. The third-order valence-electron chi connectivity index (χ3n) is 3.58. The van der Waals surface area contributed by atoms with Gasteiger partial charge in [0.25, 0.3) is 0 Å². The Bertz CT molecular complexity index is 541. The second kappa shape index (κ2) is 4.42. The molecule has 1 aliphatic heterocycles. The minimum Gasteiger partial charge on any atom is -0.316 e. The van der Waals surface area contributed by atoms with Crippen molar-refractivity contribution in [2.45, 2.75) is 19.8 Å². The monoisotopic (exact) mass is 293 g/mol. The predicted molar refractivity (Wildman–Crippen MR) is 72.3 cm³/mol. The van der Waals surface area contributed by atoms with E-state index in [1.54, 1.807) is 0 Å². The molecule has 1 unspecified atom stereocenters. The van der Waals surface area contributed by atoms with Crippen LogP contribution in [0, 0.1) is 12.8 Å². The van der Waals surface area contributed by atoms with Crippen LogP contribution < -0.4 is 5.32 Å². The first-order chi connectivity index (χ1) is 8.25. The number of fused-ring (bicyclic) bond motifs is 1. The maximum atomic E-state index is 4.76. The maximum Gasteiger partial charge on any atom is 0.151 e. The van der Waals surface area contributed by atoms with Crippen LogP contribution in [0.4, 0.5) is 0 Å². The van der Waals surface area contributed by atoms with E-state index in [1.807, 2.05) is 12.1 Å². The number of pyridine rings is 1. The largest absolute Gasteiger partial charge is 0.316 e. The van der Waals surface area contributed by atoms with Crippen LogP contribution in [0.5, 0.6) is 0 Å². The van der Waals surface area contributed by atoms with Gasteiger partial charge in [-0.25, -0.2) is 4.98 Å². The minimum absolute atomic E-state index is 0.748. The van der Waals surface area contributed by atoms with Crippen molar-refractivity contribution >= 4 is 21.6 Å². The highest BCUT2D eigenvalue weighted by atomic mass is 79.9. The van der Waals surface area contributed by atoms with Crippen LogP contribution in [-0.2, 0) is 6.42 Å². The lowest BCUT2D eigenvalue weighted by molar-refractivity contribution is 0.571. The van der Waals surface area contributed by atoms with Crippen molar-refractivity contribution in [3.05, 3.63) is 34.2 Å². The second-order valence-corrected chi connectivity index (χ2v) is 5.61. The van der Waals surface area contributed by atoms with Gasteiger partial charge in [0.05, 0.1) is 10.2 Å². The van der Waals surface area contributed by atoms with Gasteiger partial charge in [-0.1, -0.05) is 0 Å². The van der Waals surface area contributed by atoms with Gasteiger partial charge < -0.3 is 9.72 Å². The fourth-order valence-electron chi connectivity index (χ4n) is 2.55. The molecule has 3 nitrogen and oxygen atoms in total. The summed E-state index contributed by atoms with van der Waals surface area (Å²) in [7, 11) is 0. The van der Waals surface area contributed by atoms with E-state index in [2.05, 4.69) is 38.8 Å². The van der Waals surface area contributed by atoms with Gasteiger partial charge in [-0.3, -0.25) is 0 Å². The smallest absolute Gasteiger partial charge is 0.151 e. The summed E-state index contributed by atoms with van der Waals surface area (Å²) in [6, 6.07) is 4.09. The summed E-state index contributed by atoms with van der Waals surface area (Å²) in [5.74, 6) is 0.748. The Kier molecular flexibility index (Phi) is 2.92. The number of nitrogens with one attached hydrogen (secondary N) is 1. The maximum absolute atomic E-state index is 4.76. The van der Waals surface area contributed by atoms with E-state index in [0.29, 0.717) is 0 Å². The number of hydrogen-bond donors (Lipinski definition) is 1. The highest BCUT2D eigenvalue weighted by Gasteiger charge is 2.18. The predicted octanol–water partition coefficient (Wildman–Crippen LogP) is 2.56. The van der Waals surface area contributed by atoms with E-state index in [0.717, 1.165) is 35.5 Å². The molecule has 4 heteroatoms. The van der Waals surface area contributed by atoms with Crippen molar-refractivity contribution in [1.82, 2.24) is 14.7 Å². The zero-order valence-corrected chi connectivity index (χ0v) is 11.5. The number of aryl methyl sites for hydroxylation is 1. The minimum atomic E-state index is 0.748. The molecule has 0 bridgehead atoms. The fraction of sp³-hybridized carbons (Fsp3) is 0.462. The molecule has 2 aromatic heterocycles. The molecule has 2 aromatic rings. The van der Waals surface area contributed by atoms with Crippen molar-refractivity contribution in [2.75, 3.05) is 13.1 Å². The average molecular weight is 294 g/mol. The Labute approximate surface area is 109 Å². The molecule has 0 aromatic carbocycles. The molecule has 0 radical (unpaired) electrons. The van der Waals surface area contributed by atoms with Crippen molar-refractivity contribution in [1.29, 1.82) is 0 Å². The second-order valence-electron chi connectivity index (χ2n) is 4.76. The molecule has 0 saturated carbocycles. The topological polar surface area (TPSA) is 29.3 Å². The Morgan fingerprint density at radius 2 is 2.47 bits per heavy atom. The zero-order chi connectivity index (χ0) is 11.8. The number of imidazole rings is 1. The molecule has 1 N–H and O–H groups in total. The number of halogens is 1. The summed E-state index contributed by atoms with van der Waals surface area (Å²) in [5, 5.41) is 3.41. The summed E-state index contributed by atoms with van der Waals surface area (Å²) in [6.07, 6.45) is 4.44. The van der Waals surface area contributed by atoms with Gasteiger partial charge in [0.1, 0.15) is 0 Å². The van der Waals surface area contributed by atoms with Crippen LogP contribution in [0.2, 0.25) is 0 Å². The molecule has 1 aliphatic rings. The molecular weight excluding hydrogens is 278 g/mol. The number of hydrogen-bond acceptors (Lipinski definition) is 2. The Balaban J connectivity index is 1.99. The lowest BCUT2D eigenvalue weighted by atomic mass is 10.0. The van der Waals surface area contributed by atoms with Crippen LogP contribution in [0.1, 0.15) is 17.8 Å².